The van der Waals surface area contributed by atoms with Crippen molar-refractivity contribution in [2.45, 2.75) is 19.2 Å². The second-order valence-corrected chi connectivity index (χ2v) is 2.81. The number of rotatable bonds is 2. The van der Waals surface area contributed by atoms with Gasteiger partial charge >= 0.3 is 0 Å². The van der Waals surface area contributed by atoms with Crippen LogP contribution in [-0.4, -0.2) is 11.1 Å². The van der Waals surface area contributed by atoms with Crippen LogP contribution in [0.2, 0.25) is 0 Å². The van der Waals surface area contributed by atoms with Gasteiger partial charge in [-0.15, -0.1) is 11.8 Å². The van der Waals surface area contributed by atoms with Gasteiger partial charge in [0.05, 0.1) is 0 Å². The summed E-state index contributed by atoms with van der Waals surface area (Å²) in [4.78, 5) is 0. The minimum atomic E-state index is 0.315. The summed E-state index contributed by atoms with van der Waals surface area (Å²) in [5.41, 5.74) is 5.37. The molecule has 1 atom stereocenters. The maximum atomic E-state index is 5.37. The van der Waals surface area contributed by atoms with Crippen molar-refractivity contribution in [2.24, 2.45) is 5.73 Å². The summed E-state index contributed by atoms with van der Waals surface area (Å²) in [5, 5.41) is 0.315. The fraction of sp³-hybridized carbons (Fsp3) is 1.00. The first-order chi connectivity index (χ1) is 2.77. The molecule has 0 saturated heterocycles. The van der Waals surface area contributed by atoms with Crippen molar-refractivity contribution in [1.82, 2.24) is 0 Å². The summed E-state index contributed by atoms with van der Waals surface area (Å²) < 4.78 is 0. The van der Waals surface area contributed by atoms with Crippen molar-refractivity contribution in [3.05, 3.63) is 0 Å². The SMILES string of the molecule is CCS[C@@H](C)N. The van der Waals surface area contributed by atoms with Crippen LogP contribution >= 0.6 is 11.8 Å². The zero-order valence-electron chi connectivity index (χ0n) is 4.27. The summed E-state index contributed by atoms with van der Waals surface area (Å²) >= 11 is 1.76. The third-order valence-electron chi connectivity index (χ3n) is 0.430. The van der Waals surface area contributed by atoms with E-state index in [0.29, 0.717) is 5.37 Å². The molecule has 0 bridgehead atoms. The van der Waals surface area contributed by atoms with E-state index < -0.39 is 0 Å². The van der Waals surface area contributed by atoms with Crippen molar-refractivity contribution in [1.29, 1.82) is 0 Å². The van der Waals surface area contributed by atoms with Crippen LogP contribution in [-0.2, 0) is 0 Å². The molecular weight excluding hydrogens is 94.1 g/mol. The van der Waals surface area contributed by atoms with Gasteiger partial charge in [0, 0.05) is 5.37 Å². The molecule has 0 unspecified atom stereocenters. The van der Waals surface area contributed by atoms with Crippen molar-refractivity contribution in [3.8, 4) is 0 Å². The smallest absolute Gasteiger partial charge is 0.0478 e. The monoisotopic (exact) mass is 105 g/mol. The van der Waals surface area contributed by atoms with Gasteiger partial charge in [0.2, 0.25) is 0 Å². The average molecular weight is 105 g/mol. The molecule has 0 spiro atoms. The van der Waals surface area contributed by atoms with Gasteiger partial charge in [-0.05, 0) is 12.7 Å². The molecule has 0 fully saturated rings. The molecule has 0 heterocycles. The number of hydrogen-bond acceptors (Lipinski definition) is 2. The molecular formula is C4H11NS. The summed E-state index contributed by atoms with van der Waals surface area (Å²) in [5.74, 6) is 1.12. The lowest BCUT2D eigenvalue weighted by molar-refractivity contribution is 1.05. The Bertz CT molecular complexity index is 28.7. The minimum Gasteiger partial charge on any atom is -0.320 e. The summed E-state index contributed by atoms with van der Waals surface area (Å²) in [7, 11) is 0. The van der Waals surface area contributed by atoms with Crippen molar-refractivity contribution in [3.63, 3.8) is 0 Å². The molecule has 0 radical (unpaired) electrons. The van der Waals surface area contributed by atoms with E-state index in [4.69, 9.17) is 5.73 Å². The minimum absolute atomic E-state index is 0.315. The molecule has 0 aliphatic carbocycles. The largest absolute Gasteiger partial charge is 0.320 e. The van der Waals surface area contributed by atoms with Crippen LogP contribution in [0.5, 0.6) is 0 Å². The van der Waals surface area contributed by atoms with Gasteiger partial charge < -0.3 is 5.73 Å². The lowest BCUT2D eigenvalue weighted by atomic mass is 10.8. The maximum absolute atomic E-state index is 5.37. The van der Waals surface area contributed by atoms with Crippen molar-refractivity contribution in [2.75, 3.05) is 5.75 Å². The molecule has 0 amide bonds. The van der Waals surface area contributed by atoms with Crippen molar-refractivity contribution < 1.29 is 0 Å². The molecule has 0 aliphatic rings. The Morgan fingerprint density at radius 2 is 2.33 bits per heavy atom. The van der Waals surface area contributed by atoms with E-state index in [0.717, 1.165) is 5.75 Å². The van der Waals surface area contributed by atoms with Gasteiger partial charge in [0.15, 0.2) is 0 Å². The van der Waals surface area contributed by atoms with E-state index in [2.05, 4.69) is 6.92 Å². The maximum Gasteiger partial charge on any atom is 0.0478 e. The average Bonchev–Trinajstić information content (AvgIpc) is 1.35. The summed E-state index contributed by atoms with van der Waals surface area (Å²) in [6.45, 7) is 4.10. The van der Waals surface area contributed by atoms with Crippen LogP contribution in [0.25, 0.3) is 0 Å². The molecule has 0 aromatic rings. The van der Waals surface area contributed by atoms with E-state index in [1.54, 1.807) is 11.8 Å². The second kappa shape index (κ2) is 3.50. The van der Waals surface area contributed by atoms with Crippen molar-refractivity contribution >= 4 is 11.8 Å². The number of nitrogens with two attached hydrogens (primary N) is 1. The molecule has 0 saturated carbocycles. The van der Waals surface area contributed by atoms with E-state index in [1.807, 2.05) is 6.92 Å². The standard InChI is InChI=1S/C4H11NS/c1-3-6-4(2)5/h4H,3,5H2,1-2H3/t4-/m0/s1. The molecule has 38 valence electrons. The summed E-state index contributed by atoms with van der Waals surface area (Å²) in [6.07, 6.45) is 0. The third kappa shape index (κ3) is 4.31. The first kappa shape index (κ1) is 6.31. The Morgan fingerprint density at radius 3 is 2.33 bits per heavy atom. The van der Waals surface area contributed by atoms with Crippen LogP contribution in [0.3, 0.4) is 0 Å². The van der Waals surface area contributed by atoms with Crippen LogP contribution in [0.1, 0.15) is 13.8 Å². The van der Waals surface area contributed by atoms with E-state index in [-0.39, 0.29) is 0 Å². The normalized spacial score (nSPS) is 14.5. The van der Waals surface area contributed by atoms with Gasteiger partial charge in [-0.3, -0.25) is 0 Å². The number of thioether (sulfide) groups is 1. The molecule has 6 heavy (non-hydrogen) atoms. The predicted molar refractivity (Wildman–Crippen MR) is 31.8 cm³/mol. The Balaban J connectivity index is 2.63. The molecule has 1 nitrogen and oxygen atoms in total. The Kier molecular flexibility index (Phi) is 3.68. The highest BCUT2D eigenvalue weighted by atomic mass is 32.2. The topological polar surface area (TPSA) is 26.0 Å². The molecule has 0 aliphatic heterocycles. The molecule has 0 aromatic heterocycles. The zero-order valence-corrected chi connectivity index (χ0v) is 5.09. The Labute approximate surface area is 43.3 Å². The Hall–Kier alpha value is 0.310. The number of hydrogen-bond donors (Lipinski definition) is 1. The van der Waals surface area contributed by atoms with Gasteiger partial charge in [-0.25, -0.2) is 0 Å². The molecule has 0 aromatic carbocycles. The van der Waals surface area contributed by atoms with Gasteiger partial charge in [-0.1, -0.05) is 6.92 Å². The van der Waals surface area contributed by atoms with Gasteiger partial charge in [-0.2, -0.15) is 0 Å². The van der Waals surface area contributed by atoms with E-state index in [9.17, 15) is 0 Å². The highest BCUT2D eigenvalue weighted by Gasteiger charge is 1.85. The van der Waals surface area contributed by atoms with Crippen LogP contribution in [0.15, 0.2) is 0 Å². The van der Waals surface area contributed by atoms with E-state index in [1.165, 1.54) is 0 Å². The first-order valence-electron chi connectivity index (χ1n) is 2.14. The highest BCUT2D eigenvalue weighted by Crippen LogP contribution is 2.00. The van der Waals surface area contributed by atoms with Gasteiger partial charge in [0.1, 0.15) is 0 Å². The first-order valence-corrected chi connectivity index (χ1v) is 3.19. The quantitative estimate of drug-likeness (QED) is 0.531. The van der Waals surface area contributed by atoms with E-state index >= 15 is 0 Å². The Morgan fingerprint density at radius 1 is 1.83 bits per heavy atom. The van der Waals surface area contributed by atoms with Crippen LogP contribution in [0.4, 0.5) is 0 Å². The van der Waals surface area contributed by atoms with Gasteiger partial charge in [0.25, 0.3) is 0 Å². The van der Waals surface area contributed by atoms with Crippen LogP contribution < -0.4 is 5.73 Å². The fourth-order valence-electron chi connectivity index (χ4n) is 0.263. The summed E-state index contributed by atoms with van der Waals surface area (Å²) in [6, 6.07) is 0. The lowest BCUT2D eigenvalue weighted by Gasteiger charge is -1.97. The second-order valence-electron chi connectivity index (χ2n) is 1.16. The predicted octanol–water partition coefficient (Wildman–Crippen LogP) is 1.04. The lowest BCUT2D eigenvalue weighted by Crippen LogP contribution is -2.08. The third-order valence-corrected chi connectivity index (χ3v) is 1.29. The molecule has 0 rings (SSSR count). The zero-order chi connectivity index (χ0) is 4.99. The fourth-order valence-corrected chi connectivity index (χ4v) is 0.789. The molecule has 2 N–H and O–H groups in total. The van der Waals surface area contributed by atoms with Crippen LogP contribution in [0, 0.1) is 0 Å². The highest BCUT2D eigenvalue weighted by molar-refractivity contribution is 7.99. The molecule has 2 heteroatoms.